The van der Waals surface area contributed by atoms with Crippen molar-refractivity contribution in [2.75, 3.05) is 5.32 Å². The number of nitrogens with one attached hydrogen (secondary N) is 1. The Morgan fingerprint density at radius 1 is 1.42 bits per heavy atom. The first-order valence-electron chi connectivity index (χ1n) is 7.45. The second-order valence-electron chi connectivity index (χ2n) is 6.15. The summed E-state index contributed by atoms with van der Waals surface area (Å²) in [6.07, 6.45) is 0.0908. The van der Waals surface area contributed by atoms with E-state index in [4.69, 9.17) is 4.74 Å². The van der Waals surface area contributed by atoms with Gasteiger partial charge in [0.15, 0.2) is 5.60 Å². The first-order valence-corrected chi connectivity index (χ1v) is 8.27. The van der Waals surface area contributed by atoms with Gasteiger partial charge in [0.25, 0.3) is 5.91 Å². The van der Waals surface area contributed by atoms with Gasteiger partial charge in [0.2, 0.25) is 5.13 Å². The molecule has 2 heterocycles. The maximum absolute atomic E-state index is 13.4. The smallest absolute Gasteiger partial charge is 0.339 e. The first-order chi connectivity index (χ1) is 11.3. The molecule has 1 aliphatic rings. The van der Waals surface area contributed by atoms with Gasteiger partial charge in [0.1, 0.15) is 10.8 Å². The Kier molecular flexibility index (Phi) is 4.08. The van der Waals surface area contributed by atoms with E-state index in [0.717, 1.165) is 5.01 Å². The summed E-state index contributed by atoms with van der Waals surface area (Å²) in [5.74, 6) is -1.42. The van der Waals surface area contributed by atoms with Gasteiger partial charge in [-0.15, -0.1) is 10.2 Å². The largest absolute Gasteiger partial charge is 0.445 e. The number of carbonyl (C=O) groups is 2. The van der Waals surface area contributed by atoms with Crippen LogP contribution >= 0.6 is 11.3 Å². The molecule has 24 heavy (non-hydrogen) atoms. The van der Waals surface area contributed by atoms with Crippen LogP contribution < -0.4 is 5.32 Å². The number of fused-ring (bicyclic) bond motifs is 1. The highest BCUT2D eigenvalue weighted by molar-refractivity contribution is 7.15. The standard InChI is InChI=1S/C16H16FN3O3S/c1-8(2)12-19-20-15(24-12)18-14(22)16(3)7-9-6-10(17)4-5-11(9)13(21)23-16/h4-6,8H,7H2,1-3H3,(H,18,20,22). The molecule has 6 nitrogen and oxygen atoms in total. The molecule has 3 rings (SSSR count). The predicted octanol–water partition coefficient (Wildman–Crippen LogP) is 2.91. The molecule has 1 unspecified atom stereocenters. The van der Waals surface area contributed by atoms with Crippen LogP contribution in [0.3, 0.4) is 0 Å². The summed E-state index contributed by atoms with van der Waals surface area (Å²) in [4.78, 5) is 24.7. The Labute approximate surface area is 142 Å². The van der Waals surface area contributed by atoms with Gasteiger partial charge in [-0.05, 0) is 30.7 Å². The summed E-state index contributed by atoms with van der Waals surface area (Å²) >= 11 is 1.27. The summed E-state index contributed by atoms with van der Waals surface area (Å²) in [5, 5.41) is 11.7. The molecular formula is C16H16FN3O3S. The highest BCUT2D eigenvalue weighted by Gasteiger charge is 2.43. The average molecular weight is 349 g/mol. The van der Waals surface area contributed by atoms with E-state index in [1.54, 1.807) is 0 Å². The van der Waals surface area contributed by atoms with E-state index < -0.39 is 23.3 Å². The van der Waals surface area contributed by atoms with Crippen molar-refractivity contribution in [1.82, 2.24) is 10.2 Å². The van der Waals surface area contributed by atoms with E-state index in [-0.39, 0.29) is 17.9 Å². The molecule has 1 aromatic heterocycles. The molecule has 126 valence electrons. The zero-order valence-electron chi connectivity index (χ0n) is 13.4. The molecule has 0 aliphatic carbocycles. The molecule has 0 fully saturated rings. The van der Waals surface area contributed by atoms with Crippen LogP contribution in [0.5, 0.6) is 0 Å². The van der Waals surface area contributed by atoms with Crippen molar-refractivity contribution >= 4 is 28.3 Å². The highest BCUT2D eigenvalue weighted by atomic mass is 32.1. The van der Waals surface area contributed by atoms with Crippen LogP contribution in [0.1, 0.15) is 47.6 Å². The third kappa shape index (κ3) is 3.01. The maximum atomic E-state index is 13.4. The number of ether oxygens (including phenoxy) is 1. The van der Waals surface area contributed by atoms with E-state index in [1.807, 2.05) is 13.8 Å². The van der Waals surface area contributed by atoms with Crippen LogP contribution in [0.25, 0.3) is 0 Å². The van der Waals surface area contributed by atoms with Crippen LogP contribution in [-0.2, 0) is 16.0 Å². The number of cyclic esters (lactones) is 1. The van der Waals surface area contributed by atoms with Gasteiger partial charge < -0.3 is 4.74 Å². The molecule has 1 aliphatic heterocycles. The third-order valence-corrected chi connectivity index (χ3v) is 4.91. The number of halogens is 1. The summed E-state index contributed by atoms with van der Waals surface area (Å²) in [7, 11) is 0. The third-order valence-electron chi connectivity index (χ3n) is 3.77. The van der Waals surface area contributed by atoms with Gasteiger partial charge in [-0.25, -0.2) is 9.18 Å². The molecule has 1 aromatic carbocycles. The second kappa shape index (κ2) is 5.94. The molecule has 0 saturated heterocycles. The number of anilines is 1. The minimum Gasteiger partial charge on any atom is -0.445 e. The number of carbonyl (C=O) groups excluding carboxylic acids is 2. The van der Waals surface area contributed by atoms with Crippen molar-refractivity contribution in [3.8, 4) is 0 Å². The van der Waals surface area contributed by atoms with Gasteiger partial charge in [-0.2, -0.15) is 0 Å². The topological polar surface area (TPSA) is 81.2 Å². The van der Waals surface area contributed by atoms with Crippen molar-refractivity contribution in [2.45, 2.75) is 38.7 Å². The monoisotopic (exact) mass is 349 g/mol. The number of hydrogen-bond acceptors (Lipinski definition) is 6. The van der Waals surface area contributed by atoms with Crippen LogP contribution in [0.15, 0.2) is 18.2 Å². The summed E-state index contributed by atoms with van der Waals surface area (Å²) in [6, 6.07) is 3.81. The van der Waals surface area contributed by atoms with Crippen molar-refractivity contribution in [3.63, 3.8) is 0 Å². The predicted molar refractivity (Wildman–Crippen MR) is 86.6 cm³/mol. The quantitative estimate of drug-likeness (QED) is 0.862. The van der Waals surface area contributed by atoms with Crippen LogP contribution in [0.4, 0.5) is 9.52 Å². The minimum absolute atomic E-state index is 0.0908. The van der Waals surface area contributed by atoms with E-state index in [9.17, 15) is 14.0 Å². The van der Waals surface area contributed by atoms with E-state index >= 15 is 0 Å². The van der Waals surface area contributed by atoms with Crippen molar-refractivity contribution in [3.05, 3.63) is 40.2 Å². The molecule has 8 heteroatoms. The maximum Gasteiger partial charge on any atom is 0.339 e. The fraction of sp³-hybridized carbons (Fsp3) is 0.375. The van der Waals surface area contributed by atoms with Gasteiger partial charge in [0, 0.05) is 12.3 Å². The Morgan fingerprint density at radius 2 is 2.17 bits per heavy atom. The lowest BCUT2D eigenvalue weighted by molar-refractivity contribution is -0.134. The number of aromatic nitrogens is 2. The lowest BCUT2D eigenvalue weighted by atomic mass is 9.89. The Balaban J connectivity index is 1.82. The molecule has 0 bridgehead atoms. The normalized spacial score (nSPS) is 19.8. The van der Waals surface area contributed by atoms with E-state index in [2.05, 4.69) is 15.5 Å². The number of hydrogen-bond donors (Lipinski definition) is 1. The first kappa shape index (κ1) is 16.5. The number of nitrogens with zero attached hydrogens (tertiary/aromatic N) is 2. The number of amides is 1. The lowest BCUT2D eigenvalue weighted by Gasteiger charge is -2.32. The molecular weight excluding hydrogens is 333 g/mol. The fourth-order valence-electron chi connectivity index (χ4n) is 2.44. The molecule has 1 atom stereocenters. The van der Waals surface area contributed by atoms with Crippen molar-refractivity contribution in [2.24, 2.45) is 0 Å². The molecule has 1 amide bonds. The summed E-state index contributed by atoms with van der Waals surface area (Å²) in [5.41, 5.74) is -0.703. The van der Waals surface area contributed by atoms with Crippen molar-refractivity contribution < 1.29 is 18.7 Å². The zero-order chi connectivity index (χ0) is 17.5. The highest BCUT2D eigenvalue weighted by Crippen LogP contribution is 2.30. The molecule has 2 aromatic rings. The van der Waals surface area contributed by atoms with Crippen LogP contribution in [-0.4, -0.2) is 27.7 Å². The Morgan fingerprint density at radius 3 is 2.83 bits per heavy atom. The van der Waals surface area contributed by atoms with Gasteiger partial charge in [-0.3, -0.25) is 10.1 Å². The molecule has 1 N–H and O–H groups in total. The zero-order valence-corrected chi connectivity index (χ0v) is 14.2. The SMILES string of the molecule is CC(C)c1nnc(NC(=O)C2(C)Cc3cc(F)ccc3C(=O)O2)s1. The number of benzene rings is 1. The molecule has 0 saturated carbocycles. The fourth-order valence-corrected chi connectivity index (χ4v) is 3.18. The minimum atomic E-state index is -1.43. The number of rotatable bonds is 3. The van der Waals surface area contributed by atoms with Crippen LogP contribution in [0.2, 0.25) is 0 Å². The Bertz CT molecular complexity index is 821. The average Bonchev–Trinajstić information content (AvgIpc) is 2.95. The van der Waals surface area contributed by atoms with Crippen LogP contribution in [0, 0.1) is 5.82 Å². The lowest BCUT2D eigenvalue weighted by Crippen LogP contribution is -2.49. The van der Waals surface area contributed by atoms with E-state index in [0.29, 0.717) is 10.7 Å². The van der Waals surface area contributed by atoms with Gasteiger partial charge in [0.05, 0.1) is 5.56 Å². The van der Waals surface area contributed by atoms with E-state index in [1.165, 1.54) is 36.5 Å². The molecule has 0 radical (unpaired) electrons. The van der Waals surface area contributed by atoms with Crippen molar-refractivity contribution in [1.29, 1.82) is 0 Å². The summed E-state index contributed by atoms with van der Waals surface area (Å²) in [6.45, 7) is 5.45. The molecule has 0 spiro atoms. The van der Waals surface area contributed by atoms with Gasteiger partial charge in [-0.1, -0.05) is 25.2 Å². The summed E-state index contributed by atoms with van der Waals surface area (Å²) < 4.78 is 18.7. The number of esters is 1. The van der Waals surface area contributed by atoms with Gasteiger partial charge >= 0.3 is 5.97 Å². The second-order valence-corrected chi connectivity index (χ2v) is 7.16. The Hall–Kier alpha value is -2.35.